The highest BCUT2D eigenvalue weighted by Gasteiger charge is 2.29. The van der Waals surface area contributed by atoms with Gasteiger partial charge in [-0.3, -0.25) is 9.80 Å². The normalized spacial score (nSPS) is 23.2. The van der Waals surface area contributed by atoms with Crippen LogP contribution in [-0.2, 0) is 6.54 Å². The van der Waals surface area contributed by atoms with Crippen LogP contribution in [-0.4, -0.2) is 66.0 Å². The van der Waals surface area contributed by atoms with Crippen LogP contribution in [0.4, 0.5) is 0 Å². The Labute approximate surface area is 157 Å². The highest BCUT2D eigenvalue weighted by Crippen LogP contribution is 2.28. The zero-order chi connectivity index (χ0) is 18.4. The number of piperazine rings is 1. The van der Waals surface area contributed by atoms with Crippen LogP contribution in [0.1, 0.15) is 44.1 Å². The van der Waals surface area contributed by atoms with Gasteiger partial charge in [-0.05, 0) is 43.4 Å². The van der Waals surface area contributed by atoms with Gasteiger partial charge in [0, 0.05) is 50.9 Å². The van der Waals surface area contributed by atoms with Crippen molar-refractivity contribution in [3.63, 3.8) is 0 Å². The van der Waals surface area contributed by atoms with Crippen molar-refractivity contribution in [1.82, 2.24) is 9.80 Å². The molecule has 3 rings (SSSR count). The molecule has 1 aliphatic heterocycles. The van der Waals surface area contributed by atoms with Crippen molar-refractivity contribution in [2.24, 2.45) is 5.92 Å². The SMILES string of the molecule is COc1ccc(O)c(CN2CCN(CC3CCCCC3)[C@H](CCO)C2)c1. The summed E-state index contributed by atoms with van der Waals surface area (Å²) in [6.45, 7) is 5.15. The topological polar surface area (TPSA) is 56.2 Å². The Morgan fingerprint density at radius 2 is 1.96 bits per heavy atom. The lowest BCUT2D eigenvalue weighted by Gasteiger charge is -2.43. The number of aromatic hydroxyl groups is 1. The molecule has 26 heavy (non-hydrogen) atoms. The second kappa shape index (κ2) is 9.58. The summed E-state index contributed by atoms with van der Waals surface area (Å²) in [5, 5.41) is 19.7. The van der Waals surface area contributed by atoms with E-state index < -0.39 is 0 Å². The van der Waals surface area contributed by atoms with E-state index in [-0.39, 0.29) is 6.61 Å². The van der Waals surface area contributed by atoms with Crippen molar-refractivity contribution in [2.45, 2.75) is 51.1 Å². The molecule has 0 unspecified atom stereocenters. The first-order valence-electron chi connectivity index (χ1n) is 10.1. The van der Waals surface area contributed by atoms with Gasteiger partial charge in [-0.15, -0.1) is 0 Å². The van der Waals surface area contributed by atoms with Gasteiger partial charge in [-0.25, -0.2) is 0 Å². The number of hydrogen-bond donors (Lipinski definition) is 2. The number of ether oxygens (including phenoxy) is 1. The minimum absolute atomic E-state index is 0.240. The van der Waals surface area contributed by atoms with Crippen molar-refractivity contribution >= 4 is 0 Å². The van der Waals surface area contributed by atoms with Crippen molar-refractivity contribution in [3.8, 4) is 11.5 Å². The second-order valence-corrected chi connectivity index (χ2v) is 7.89. The molecule has 5 heteroatoms. The van der Waals surface area contributed by atoms with Crippen LogP contribution in [0.5, 0.6) is 11.5 Å². The summed E-state index contributed by atoms with van der Waals surface area (Å²) in [6, 6.07) is 5.82. The summed E-state index contributed by atoms with van der Waals surface area (Å²) >= 11 is 0. The molecule has 1 saturated heterocycles. The van der Waals surface area contributed by atoms with Gasteiger partial charge in [-0.1, -0.05) is 19.3 Å². The Bertz CT molecular complexity index is 560. The van der Waals surface area contributed by atoms with E-state index in [0.29, 0.717) is 11.8 Å². The molecule has 0 aromatic heterocycles. The van der Waals surface area contributed by atoms with Gasteiger partial charge in [0.25, 0.3) is 0 Å². The molecule has 2 N–H and O–H groups in total. The highest BCUT2D eigenvalue weighted by atomic mass is 16.5. The molecular weight excluding hydrogens is 328 g/mol. The van der Waals surface area contributed by atoms with Crippen LogP contribution >= 0.6 is 0 Å². The number of methoxy groups -OCH3 is 1. The zero-order valence-electron chi connectivity index (χ0n) is 16.1. The molecule has 1 aliphatic carbocycles. The number of nitrogens with zero attached hydrogens (tertiary/aromatic N) is 2. The summed E-state index contributed by atoms with van der Waals surface area (Å²) in [4.78, 5) is 5.00. The fourth-order valence-electron chi connectivity index (χ4n) is 4.52. The van der Waals surface area contributed by atoms with Crippen LogP contribution < -0.4 is 4.74 Å². The maximum Gasteiger partial charge on any atom is 0.120 e. The Morgan fingerprint density at radius 1 is 1.15 bits per heavy atom. The van der Waals surface area contributed by atoms with E-state index in [1.165, 1.54) is 38.6 Å². The lowest BCUT2D eigenvalue weighted by atomic mass is 9.88. The first-order chi connectivity index (χ1) is 12.7. The van der Waals surface area contributed by atoms with Crippen LogP contribution in [0.15, 0.2) is 18.2 Å². The lowest BCUT2D eigenvalue weighted by Crippen LogP contribution is -2.54. The van der Waals surface area contributed by atoms with Gasteiger partial charge < -0.3 is 14.9 Å². The maximum absolute atomic E-state index is 10.2. The number of aliphatic hydroxyl groups is 1. The van der Waals surface area contributed by atoms with Crippen LogP contribution in [0.2, 0.25) is 0 Å². The standard InChI is InChI=1S/C21H34N2O3/c1-26-20-7-8-21(25)18(13-20)15-22-10-11-23(19(16-22)9-12-24)14-17-5-3-2-4-6-17/h7-8,13,17,19,24-25H,2-6,9-12,14-16H2,1H3/t19-/m1/s1. The summed E-state index contributed by atoms with van der Waals surface area (Å²) in [5.41, 5.74) is 0.910. The van der Waals surface area contributed by atoms with Crippen molar-refractivity contribution < 1.29 is 14.9 Å². The van der Waals surface area contributed by atoms with Crippen LogP contribution in [0.3, 0.4) is 0 Å². The lowest BCUT2D eigenvalue weighted by molar-refractivity contribution is 0.0397. The minimum Gasteiger partial charge on any atom is -0.508 e. The molecule has 0 radical (unpaired) electrons. The van der Waals surface area contributed by atoms with Crippen molar-refractivity contribution in [3.05, 3.63) is 23.8 Å². The van der Waals surface area contributed by atoms with E-state index in [9.17, 15) is 10.2 Å². The number of phenolic OH excluding ortho intramolecular Hbond substituents is 1. The highest BCUT2D eigenvalue weighted by molar-refractivity contribution is 5.39. The molecule has 1 heterocycles. The number of benzene rings is 1. The smallest absolute Gasteiger partial charge is 0.120 e. The Balaban J connectivity index is 1.60. The molecular formula is C21H34N2O3. The van der Waals surface area contributed by atoms with Gasteiger partial charge in [0.15, 0.2) is 0 Å². The van der Waals surface area contributed by atoms with E-state index in [2.05, 4.69) is 9.80 Å². The predicted octanol–water partition coefficient (Wildman–Crippen LogP) is 2.85. The molecule has 1 aromatic carbocycles. The molecule has 0 bridgehead atoms. The number of hydrogen-bond acceptors (Lipinski definition) is 5. The average Bonchev–Trinajstić information content (AvgIpc) is 2.66. The van der Waals surface area contributed by atoms with Crippen LogP contribution in [0.25, 0.3) is 0 Å². The minimum atomic E-state index is 0.240. The fourth-order valence-corrected chi connectivity index (χ4v) is 4.52. The Kier molecular flexibility index (Phi) is 7.17. The van der Waals surface area contributed by atoms with Gasteiger partial charge >= 0.3 is 0 Å². The average molecular weight is 363 g/mol. The Hall–Kier alpha value is -1.30. The van der Waals surface area contributed by atoms with Gasteiger partial charge in [0.05, 0.1) is 7.11 Å². The van der Waals surface area contributed by atoms with Crippen molar-refractivity contribution in [1.29, 1.82) is 0 Å². The molecule has 2 aliphatic rings. The number of phenols is 1. The molecule has 146 valence electrons. The van der Waals surface area contributed by atoms with E-state index in [1.54, 1.807) is 19.2 Å². The summed E-state index contributed by atoms with van der Waals surface area (Å²) in [6.07, 6.45) is 7.71. The predicted molar refractivity (Wildman–Crippen MR) is 104 cm³/mol. The number of aliphatic hydroxyl groups excluding tert-OH is 1. The largest absolute Gasteiger partial charge is 0.508 e. The molecule has 5 nitrogen and oxygen atoms in total. The quantitative estimate of drug-likeness (QED) is 0.781. The Morgan fingerprint density at radius 3 is 2.69 bits per heavy atom. The molecule has 1 atom stereocenters. The summed E-state index contributed by atoms with van der Waals surface area (Å²) < 4.78 is 5.29. The molecule has 0 amide bonds. The summed E-state index contributed by atoms with van der Waals surface area (Å²) in [5.74, 6) is 1.94. The van der Waals surface area contributed by atoms with E-state index in [1.807, 2.05) is 6.07 Å². The molecule has 1 aromatic rings. The molecule has 0 spiro atoms. The second-order valence-electron chi connectivity index (χ2n) is 7.89. The first kappa shape index (κ1) is 19.5. The van der Waals surface area contributed by atoms with Gasteiger partial charge in [0.1, 0.15) is 11.5 Å². The third kappa shape index (κ3) is 5.12. The van der Waals surface area contributed by atoms with E-state index in [0.717, 1.165) is 49.8 Å². The van der Waals surface area contributed by atoms with Gasteiger partial charge in [-0.2, -0.15) is 0 Å². The van der Waals surface area contributed by atoms with E-state index in [4.69, 9.17) is 4.74 Å². The van der Waals surface area contributed by atoms with Crippen LogP contribution in [0, 0.1) is 5.92 Å². The van der Waals surface area contributed by atoms with Crippen molar-refractivity contribution in [2.75, 3.05) is 39.9 Å². The monoisotopic (exact) mass is 362 g/mol. The first-order valence-corrected chi connectivity index (χ1v) is 10.1. The third-order valence-corrected chi connectivity index (χ3v) is 6.05. The third-order valence-electron chi connectivity index (χ3n) is 6.05. The fraction of sp³-hybridized carbons (Fsp3) is 0.714. The van der Waals surface area contributed by atoms with E-state index >= 15 is 0 Å². The molecule has 1 saturated carbocycles. The summed E-state index contributed by atoms with van der Waals surface area (Å²) in [7, 11) is 1.65. The zero-order valence-corrected chi connectivity index (χ0v) is 16.1. The number of rotatable bonds is 7. The van der Waals surface area contributed by atoms with Gasteiger partial charge in [0.2, 0.25) is 0 Å². The molecule has 2 fully saturated rings. The maximum atomic E-state index is 10.2.